The summed E-state index contributed by atoms with van der Waals surface area (Å²) in [6.07, 6.45) is 3.62. The Morgan fingerprint density at radius 2 is 1.81 bits per heavy atom. The van der Waals surface area contributed by atoms with Gasteiger partial charge >= 0.3 is 0 Å². The summed E-state index contributed by atoms with van der Waals surface area (Å²) in [5, 5.41) is 3.14. The first-order chi connectivity index (χ1) is 12.6. The van der Waals surface area contributed by atoms with Gasteiger partial charge in [0.15, 0.2) is 0 Å². The molecule has 0 bridgehead atoms. The van der Waals surface area contributed by atoms with Gasteiger partial charge in [-0.3, -0.25) is 9.69 Å². The first-order valence-electron chi connectivity index (χ1n) is 9.54. The molecular formula is C22H29N3O. The van der Waals surface area contributed by atoms with Crippen LogP contribution in [0.25, 0.3) is 0 Å². The number of carbonyl (C=O) groups is 1. The van der Waals surface area contributed by atoms with Crippen LogP contribution in [0.5, 0.6) is 0 Å². The molecule has 1 heterocycles. The maximum atomic E-state index is 12.4. The van der Waals surface area contributed by atoms with E-state index in [2.05, 4.69) is 41.4 Å². The second-order valence-corrected chi connectivity index (χ2v) is 7.17. The Balaban J connectivity index is 1.57. The van der Waals surface area contributed by atoms with E-state index in [1.807, 2.05) is 24.3 Å². The Hall–Kier alpha value is -2.33. The number of carbonyl (C=O) groups excluding carboxylic acids is 1. The summed E-state index contributed by atoms with van der Waals surface area (Å²) >= 11 is 0. The number of benzene rings is 2. The first kappa shape index (κ1) is 18.5. The van der Waals surface area contributed by atoms with Crippen molar-refractivity contribution in [2.75, 3.05) is 25.4 Å². The molecule has 2 aromatic carbocycles. The number of hydrogen-bond acceptors (Lipinski definition) is 3. The zero-order valence-corrected chi connectivity index (χ0v) is 15.6. The highest BCUT2D eigenvalue weighted by Gasteiger charge is 2.23. The number of anilines is 1. The summed E-state index contributed by atoms with van der Waals surface area (Å²) in [6.45, 7) is 4.97. The second-order valence-electron chi connectivity index (χ2n) is 7.17. The lowest BCUT2D eigenvalue weighted by molar-refractivity contribution is -0.121. The molecule has 0 aromatic heterocycles. The molecule has 26 heavy (non-hydrogen) atoms. The first-order valence-corrected chi connectivity index (χ1v) is 9.54. The lowest BCUT2D eigenvalue weighted by atomic mass is 10.0. The molecule has 3 rings (SSSR count). The van der Waals surface area contributed by atoms with E-state index in [0.717, 1.165) is 24.3 Å². The van der Waals surface area contributed by atoms with E-state index in [9.17, 15) is 4.79 Å². The molecule has 1 aliphatic heterocycles. The molecule has 0 aliphatic carbocycles. The van der Waals surface area contributed by atoms with Crippen molar-refractivity contribution in [2.24, 2.45) is 0 Å². The standard InChI is InChI=1S/C22H29N3O/c1-17-8-10-19(11-9-17)21(25-14-4-5-15-25)16-24-22(26)13-12-18-6-2-3-7-20(18)23/h2-3,6-11,21H,4-5,12-16,23H2,1H3,(H,24,26). The summed E-state index contributed by atoms with van der Waals surface area (Å²) < 4.78 is 0. The third-order valence-electron chi connectivity index (χ3n) is 5.21. The molecule has 0 radical (unpaired) electrons. The van der Waals surface area contributed by atoms with Crippen molar-refractivity contribution in [3.05, 3.63) is 65.2 Å². The van der Waals surface area contributed by atoms with E-state index in [4.69, 9.17) is 5.73 Å². The molecule has 1 fully saturated rings. The van der Waals surface area contributed by atoms with Crippen LogP contribution in [0.15, 0.2) is 48.5 Å². The molecule has 3 N–H and O–H groups in total. The van der Waals surface area contributed by atoms with Crippen LogP contribution in [0, 0.1) is 6.92 Å². The summed E-state index contributed by atoms with van der Waals surface area (Å²) in [4.78, 5) is 14.8. The van der Waals surface area contributed by atoms with Gasteiger partial charge in [0.2, 0.25) is 5.91 Å². The highest BCUT2D eigenvalue weighted by atomic mass is 16.1. The van der Waals surface area contributed by atoms with Gasteiger partial charge in [-0.15, -0.1) is 0 Å². The molecule has 4 heteroatoms. The van der Waals surface area contributed by atoms with Crippen molar-refractivity contribution in [3.8, 4) is 0 Å². The molecule has 0 saturated carbocycles. The van der Waals surface area contributed by atoms with Crippen LogP contribution in [-0.2, 0) is 11.2 Å². The van der Waals surface area contributed by atoms with Gasteiger partial charge in [-0.1, -0.05) is 48.0 Å². The number of nitrogens with two attached hydrogens (primary N) is 1. The molecule has 1 amide bonds. The minimum absolute atomic E-state index is 0.0876. The van der Waals surface area contributed by atoms with Crippen LogP contribution in [0.4, 0.5) is 5.69 Å². The van der Waals surface area contributed by atoms with Crippen LogP contribution < -0.4 is 11.1 Å². The molecule has 0 spiro atoms. The van der Waals surface area contributed by atoms with E-state index in [0.29, 0.717) is 19.4 Å². The molecule has 1 saturated heterocycles. The fourth-order valence-corrected chi connectivity index (χ4v) is 3.61. The molecule has 1 unspecified atom stereocenters. The van der Waals surface area contributed by atoms with E-state index in [1.54, 1.807) is 0 Å². The smallest absolute Gasteiger partial charge is 0.220 e. The van der Waals surface area contributed by atoms with Crippen LogP contribution in [0.1, 0.15) is 42.0 Å². The normalized spacial score (nSPS) is 15.7. The predicted octanol–water partition coefficient (Wildman–Crippen LogP) is 3.46. The average molecular weight is 351 g/mol. The van der Waals surface area contributed by atoms with Gasteiger partial charge in [0.25, 0.3) is 0 Å². The number of nitrogens with one attached hydrogen (secondary N) is 1. The zero-order valence-electron chi connectivity index (χ0n) is 15.6. The Kier molecular flexibility index (Phi) is 6.29. The molecule has 1 aliphatic rings. The maximum Gasteiger partial charge on any atom is 0.220 e. The minimum atomic E-state index is 0.0876. The molecule has 4 nitrogen and oxygen atoms in total. The third kappa shape index (κ3) is 4.85. The number of nitrogens with zero attached hydrogens (tertiary/aromatic N) is 1. The quantitative estimate of drug-likeness (QED) is 0.751. The molecule has 2 aromatic rings. The highest BCUT2D eigenvalue weighted by Crippen LogP contribution is 2.25. The molecule has 138 valence electrons. The monoisotopic (exact) mass is 351 g/mol. The summed E-state index contributed by atoms with van der Waals surface area (Å²) in [7, 11) is 0. The third-order valence-corrected chi connectivity index (χ3v) is 5.21. The summed E-state index contributed by atoms with van der Waals surface area (Å²) in [6, 6.07) is 16.7. The second kappa shape index (κ2) is 8.86. The fourth-order valence-electron chi connectivity index (χ4n) is 3.61. The molecular weight excluding hydrogens is 322 g/mol. The van der Waals surface area contributed by atoms with Crippen LogP contribution in [0.2, 0.25) is 0 Å². The number of likely N-dealkylation sites (tertiary alicyclic amines) is 1. The Morgan fingerprint density at radius 3 is 2.50 bits per heavy atom. The fraction of sp³-hybridized carbons (Fsp3) is 0.409. The van der Waals surface area contributed by atoms with Crippen molar-refractivity contribution in [3.63, 3.8) is 0 Å². The van der Waals surface area contributed by atoms with Gasteiger partial charge in [0.1, 0.15) is 0 Å². The van der Waals surface area contributed by atoms with E-state index >= 15 is 0 Å². The van der Waals surface area contributed by atoms with E-state index < -0.39 is 0 Å². The minimum Gasteiger partial charge on any atom is -0.399 e. The Labute approximate surface area is 156 Å². The Morgan fingerprint density at radius 1 is 1.12 bits per heavy atom. The highest BCUT2D eigenvalue weighted by molar-refractivity contribution is 5.76. The number of amides is 1. The topological polar surface area (TPSA) is 58.4 Å². The SMILES string of the molecule is Cc1ccc(C(CNC(=O)CCc2ccccc2N)N2CCCC2)cc1. The summed E-state index contributed by atoms with van der Waals surface area (Å²) in [5.74, 6) is 0.0876. The lowest BCUT2D eigenvalue weighted by Crippen LogP contribution is -2.36. The molecule has 1 atom stereocenters. The number of rotatable bonds is 7. The maximum absolute atomic E-state index is 12.4. The number of para-hydroxylation sites is 1. The summed E-state index contributed by atoms with van der Waals surface area (Å²) in [5.41, 5.74) is 10.3. The number of hydrogen-bond donors (Lipinski definition) is 2. The van der Waals surface area contributed by atoms with Crippen molar-refractivity contribution >= 4 is 11.6 Å². The van der Waals surface area contributed by atoms with Crippen molar-refractivity contribution in [2.45, 2.75) is 38.6 Å². The van der Waals surface area contributed by atoms with E-state index in [-0.39, 0.29) is 11.9 Å². The van der Waals surface area contributed by atoms with Crippen molar-refractivity contribution < 1.29 is 4.79 Å². The van der Waals surface area contributed by atoms with Gasteiger partial charge in [-0.05, 0) is 56.5 Å². The van der Waals surface area contributed by atoms with Gasteiger partial charge in [-0.25, -0.2) is 0 Å². The predicted molar refractivity (Wildman–Crippen MR) is 107 cm³/mol. The van der Waals surface area contributed by atoms with Crippen LogP contribution in [-0.4, -0.2) is 30.4 Å². The van der Waals surface area contributed by atoms with Gasteiger partial charge < -0.3 is 11.1 Å². The Bertz CT molecular complexity index is 720. The zero-order chi connectivity index (χ0) is 18.4. The van der Waals surface area contributed by atoms with Crippen molar-refractivity contribution in [1.82, 2.24) is 10.2 Å². The van der Waals surface area contributed by atoms with Gasteiger partial charge in [0.05, 0.1) is 6.04 Å². The van der Waals surface area contributed by atoms with Crippen LogP contribution >= 0.6 is 0 Å². The lowest BCUT2D eigenvalue weighted by Gasteiger charge is -2.28. The van der Waals surface area contributed by atoms with Crippen molar-refractivity contribution in [1.29, 1.82) is 0 Å². The largest absolute Gasteiger partial charge is 0.399 e. The van der Waals surface area contributed by atoms with E-state index in [1.165, 1.54) is 24.0 Å². The number of aryl methyl sites for hydroxylation is 2. The van der Waals surface area contributed by atoms with Gasteiger partial charge in [0, 0.05) is 18.7 Å². The van der Waals surface area contributed by atoms with Crippen LogP contribution in [0.3, 0.4) is 0 Å². The van der Waals surface area contributed by atoms with Gasteiger partial charge in [-0.2, -0.15) is 0 Å². The average Bonchev–Trinajstić information content (AvgIpc) is 3.17. The number of nitrogen functional groups attached to an aromatic ring is 1.